The van der Waals surface area contributed by atoms with E-state index in [1.807, 2.05) is 0 Å². The first-order chi connectivity index (χ1) is 4.77. The topological polar surface area (TPSA) is 12.9 Å². The Morgan fingerprint density at radius 1 is 1.40 bits per heavy atom. The van der Waals surface area contributed by atoms with Gasteiger partial charge in [0, 0.05) is 10.3 Å². The van der Waals surface area contributed by atoms with Crippen LogP contribution in [0.5, 0.6) is 0 Å². The Bertz CT molecular complexity index is 358. The maximum Gasteiger partial charge on any atom is 0.0951 e. The van der Waals surface area contributed by atoms with Crippen molar-refractivity contribution in [3.63, 3.8) is 0 Å². The first-order valence-electron chi connectivity index (χ1n) is 3.08. The van der Waals surface area contributed by atoms with E-state index in [0.717, 1.165) is 0 Å². The molecule has 2 heterocycles. The number of thiazole rings is 1. The number of fused-ring (bicyclic) bond motifs is 1. The highest BCUT2D eigenvalue weighted by Gasteiger charge is 2.03. The number of nitrogens with zero attached hydrogens (tertiary/aromatic N) is 1. The van der Waals surface area contributed by atoms with Crippen molar-refractivity contribution < 1.29 is 0 Å². The maximum atomic E-state index is 4.40. The van der Waals surface area contributed by atoms with Crippen molar-refractivity contribution in [1.82, 2.24) is 4.98 Å². The van der Waals surface area contributed by atoms with E-state index in [1.165, 1.54) is 20.1 Å². The highest BCUT2D eigenvalue weighted by Crippen LogP contribution is 2.28. The lowest BCUT2D eigenvalue weighted by atomic mass is 10.5. The predicted molar refractivity (Wildman–Crippen MR) is 47.0 cm³/mol. The molecule has 0 saturated heterocycles. The van der Waals surface area contributed by atoms with Gasteiger partial charge in [0.25, 0.3) is 0 Å². The van der Waals surface area contributed by atoms with Crippen LogP contribution in [0.4, 0.5) is 0 Å². The van der Waals surface area contributed by atoms with Crippen LogP contribution in [-0.4, -0.2) is 4.98 Å². The van der Waals surface area contributed by atoms with E-state index >= 15 is 0 Å². The van der Waals surface area contributed by atoms with E-state index in [0.29, 0.717) is 0 Å². The molecule has 3 heteroatoms. The van der Waals surface area contributed by atoms with Gasteiger partial charge in [-0.05, 0) is 13.8 Å². The van der Waals surface area contributed by atoms with Gasteiger partial charge in [0.05, 0.1) is 15.2 Å². The Morgan fingerprint density at radius 3 is 2.90 bits per heavy atom. The summed E-state index contributed by atoms with van der Waals surface area (Å²) in [6, 6.07) is 0. The second-order valence-electron chi connectivity index (χ2n) is 2.24. The van der Waals surface area contributed by atoms with Gasteiger partial charge >= 0.3 is 0 Å². The van der Waals surface area contributed by atoms with E-state index in [-0.39, 0.29) is 0 Å². The molecular formula is C7H7NS2. The first kappa shape index (κ1) is 6.31. The van der Waals surface area contributed by atoms with Gasteiger partial charge < -0.3 is 0 Å². The zero-order valence-corrected chi connectivity index (χ0v) is 7.47. The molecule has 0 saturated carbocycles. The summed E-state index contributed by atoms with van der Waals surface area (Å²) in [4.78, 5) is 5.73. The van der Waals surface area contributed by atoms with E-state index in [1.54, 1.807) is 22.7 Å². The second-order valence-corrected chi connectivity index (χ2v) is 4.56. The Labute approximate surface area is 67.3 Å². The summed E-state index contributed by atoms with van der Waals surface area (Å²) in [5.74, 6) is 0. The first-order valence-corrected chi connectivity index (χ1v) is 4.78. The molecule has 0 aliphatic carbocycles. The van der Waals surface area contributed by atoms with Crippen LogP contribution in [0, 0.1) is 13.8 Å². The predicted octanol–water partition coefficient (Wildman–Crippen LogP) is 2.97. The molecule has 52 valence electrons. The fourth-order valence-electron chi connectivity index (χ4n) is 0.973. The van der Waals surface area contributed by atoms with Gasteiger partial charge in [-0.2, -0.15) is 0 Å². The molecule has 2 aromatic rings. The number of hydrogen-bond donors (Lipinski definition) is 0. The molecule has 0 unspecified atom stereocenters. The van der Waals surface area contributed by atoms with E-state index in [4.69, 9.17) is 0 Å². The minimum Gasteiger partial charge on any atom is -0.240 e. The maximum absolute atomic E-state index is 4.40. The molecule has 0 N–H and O–H groups in total. The molecule has 1 nitrogen and oxygen atoms in total. The van der Waals surface area contributed by atoms with Gasteiger partial charge in [0.15, 0.2) is 0 Å². The molecule has 0 bridgehead atoms. The number of hydrogen-bond acceptors (Lipinski definition) is 3. The van der Waals surface area contributed by atoms with E-state index in [9.17, 15) is 0 Å². The highest BCUT2D eigenvalue weighted by molar-refractivity contribution is 7.22. The van der Waals surface area contributed by atoms with Crippen molar-refractivity contribution in [2.45, 2.75) is 13.8 Å². The minimum atomic E-state index is 1.17. The lowest BCUT2D eigenvalue weighted by molar-refractivity contribution is 1.34. The van der Waals surface area contributed by atoms with Crippen molar-refractivity contribution in [2.75, 3.05) is 0 Å². The molecule has 2 rings (SSSR count). The second kappa shape index (κ2) is 2.04. The Hall–Kier alpha value is -0.410. The van der Waals surface area contributed by atoms with Crippen LogP contribution in [-0.2, 0) is 0 Å². The zero-order valence-electron chi connectivity index (χ0n) is 5.84. The third-order valence-electron chi connectivity index (χ3n) is 1.44. The monoisotopic (exact) mass is 169 g/mol. The van der Waals surface area contributed by atoms with Gasteiger partial charge in [-0.15, -0.1) is 22.7 Å². The third-order valence-corrected chi connectivity index (χ3v) is 3.40. The van der Waals surface area contributed by atoms with Crippen molar-refractivity contribution >= 4 is 32.9 Å². The van der Waals surface area contributed by atoms with Crippen LogP contribution in [0.25, 0.3) is 10.2 Å². The van der Waals surface area contributed by atoms with Gasteiger partial charge in [-0.25, -0.2) is 4.98 Å². The van der Waals surface area contributed by atoms with Crippen molar-refractivity contribution in [3.8, 4) is 0 Å². The molecule has 0 amide bonds. The molecule has 0 spiro atoms. The summed E-state index contributed by atoms with van der Waals surface area (Å²) in [6.45, 7) is 4.17. The molecule has 0 aliphatic heterocycles. The SMILES string of the molecule is Cc1nc2c(C)scc2s1. The van der Waals surface area contributed by atoms with Crippen LogP contribution < -0.4 is 0 Å². The fourth-order valence-corrected chi connectivity index (χ4v) is 2.79. The van der Waals surface area contributed by atoms with Crippen LogP contribution in [0.1, 0.15) is 9.88 Å². The fraction of sp³-hybridized carbons (Fsp3) is 0.286. The summed E-state index contributed by atoms with van der Waals surface area (Å²) in [7, 11) is 0. The van der Waals surface area contributed by atoms with Crippen LogP contribution in [0.15, 0.2) is 5.38 Å². The van der Waals surface area contributed by atoms with Gasteiger partial charge in [0.2, 0.25) is 0 Å². The Kier molecular flexibility index (Phi) is 1.28. The number of aromatic nitrogens is 1. The lowest BCUT2D eigenvalue weighted by Crippen LogP contribution is -1.66. The quantitative estimate of drug-likeness (QED) is 0.591. The molecule has 0 radical (unpaired) electrons. The zero-order chi connectivity index (χ0) is 7.14. The number of rotatable bonds is 0. The average Bonchev–Trinajstić information content (AvgIpc) is 2.35. The normalized spacial score (nSPS) is 11.0. The minimum absolute atomic E-state index is 1.17. The average molecular weight is 169 g/mol. The Balaban J connectivity index is 2.90. The van der Waals surface area contributed by atoms with E-state index in [2.05, 4.69) is 24.2 Å². The summed E-state index contributed by atoms with van der Waals surface area (Å²) in [5.41, 5.74) is 1.20. The van der Waals surface area contributed by atoms with Crippen LogP contribution in [0.3, 0.4) is 0 Å². The molecule has 0 atom stereocenters. The number of thiophene rings is 1. The van der Waals surface area contributed by atoms with Gasteiger partial charge in [-0.1, -0.05) is 0 Å². The molecule has 0 aromatic carbocycles. The largest absolute Gasteiger partial charge is 0.240 e. The van der Waals surface area contributed by atoms with Gasteiger partial charge in [0.1, 0.15) is 0 Å². The molecular weight excluding hydrogens is 162 g/mol. The van der Waals surface area contributed by atoms with Crippen molar-refractivity contribution in [3.05, 3.63) is 15.3 Å². The summed E-state index contributed by atoms with van der Waals surface area (Å²) in [6.07, 6.45) is 0. The Morgan fingerprint density at radius 2 is 2.20 bits per heavy atom. The summed E-state index contributed by atoms with van der Waals surface area (Å²) in [5, 5.41) is 3.34. The van der Waals surface area contributed by atoms with Crippen molar-refractivity contribution in [1.29, 1.82) is 0 Å². The number of aryl methyl sites for hydroxylation is 2. The van der Waals surface area contributed by atoms with E-state index < -0.39 is 0 Å². The summed E-state index contributed by atoms with van der Waals surface area (Å²) < 4.78 is 1.33. The molecule has 0 aliphatic rings. The van der Waals surface area contributed by atoms with Crippen LogP contribution >= 0.6 is 22.7 Å². The van der Waals surface area contributed by atoms with Crippen LogP contribution in [0.2, 0.25) is 0 Å². The van der Waals surface area contributed by atoms with Gasteiger partial charge in [-0.3, -0.25) is 0 Å². The highest BCUT2D eigenvalue weighted by atomic mass is 32.1. The standard InChI is InChI=1S/C7H7NS2/c1-4-7-6(3-9-4)10-5(2)8-7/h3H,1-2H3. The third kappa shape index (κ3) is 0.777. The summed E-state index contributed by atoms with van der Waals surface area (Å²) >= 11 is 3.55. The molecule has 10 heavy (non-hydrogen) atoms. The smallest absolute Gasteiger partial charge is 0.0951 e. The molecule has 2 aromatic heterocycles. The molecule has 0 fully saturated rings. The van der Waals surface area contributed by atoms with Crippen molar-refractivity contribution in [2.24, 2.45) is 0 Å². The lowest BCUT2D eigenvalue weighted by Gasteiger charge is -1.77.